The molecule has 0 aromatic heterocycles. The van der Waals surface area contributed by atoms with Gasteiger partial charge in [-0.1, -0.05) is 30.3 Å². The molecule has 2 amide bonds. The summed E-state index contributed by atoms with van der Waals surface area (Å²) in [4.78, 5) is 26.0. The Kier molecular flexibility index (Phi) is 6.44. The molecular formula is C21H24N2O4. The van der Waals surface area contributed by atoms with Crippen molar-refractivity contribution < 1.29 is 19.1 Å². The van der Waals surface area contributed by atoms with Gasteiger partial charge in [0.15, 0.2) is 0 Å². The van der Waals surface area contributed by atoms with Crippen molar-refractivity contribution in [2.75, 3.05) is 31.2 Å². The van der Waals surface area contributed by atoms with Gasteiger partial charge >= 0.3 is 0 Å². The zero-order valence-corrected chi connectivity index (χ0v) is 15.4. The van der Waals surface area contributed by atoms with Crippen LogP contribution in [0.15, 0.2) is 54.6 Å². The average Bonchev–Trinajstić information content (AvgIpc) is 2.70. The highest BCUT2D eigenvalue weighted by Crippen LogP contribution is 2.18. The molecule has 1 unspecified atom stereocenters. The fraction of sp³-hybridized carbons (Fsp3) is 0.333. The van der Waals surface area contributed by atoms with Gasteiger partial charge in [0.05, 0.1) is 25.7 Å². The Morgan fingerprint density at radius 3 is 2.63 bits per heavy atom. The standard InChI is InChI=1S/C21H24N2O4/c1-2-26-18-10-8-16(9-11-18)12-20(24)22-13-19-14-23(21(25)15-27-19)17-6-4-3-5-7-17/h3-11,19H,2,12-15H2,1H3,(H,22,24). The summed E-state index contributed by atoms with van der Waals surface area (Å²) in [5, 5.41) is 2.89. The van der Waals surface area contributed by atoms with Gasteiger partial charge in [-0.05, 0) is 36.8 Å². The lowest BCUT2D eigenvalue weighted by molar-refractivity contribution is -0.129. The second-order valence-corrected chi connectivity index (χ2v) is 6.33. The van der Waals surface area contributed by atoms with Crippen molar-refractivity contribution in [3.8, 4) is 5.75 Å². The van der Waals surface area contributed by atoms with Gasteiger partial charge in [0, 0.05) is 12.2 Å². The van der Waals surface area contributed by atoms with Crippen LogP contribution < -0.4 is 15.0 Å². The zero-order chi connectivity index (χ0) is 19.1. The number of rotatable bonds is 7. The number of benzene rings is 2. The van der Waals surface area contributed by atoms with E-state index in [2.05, 4.69) is 5.32 Å². The van der Waals surface area contributed by atoms with Gasteiger partial charge in [0.25, 0.3) is 5.91 Å². The fourth-order valence-electron chi connectivity index (χ4n) is 2.95. The number of hydrogen-bond acceptors (Lipinski definition) is 4. The third kappa shape index (κ3) is 5.31. The molecule has 1 atom stereocenters. The third-order valence-electron chi connectivity index (χ3n) is 4.32. The minimum absolute atomic E-state index is 0.0221. The summed E-state index contributed by atoms with van der Waals surface area (Å²) in [5.74, 6) is 0.645. The molecule has 0 radical (unpaired) electrons. The highest BCUT2D eigenvalue weighted by Gasteiger charge is 2.27. The number of para-hydroxylation sites is 1. The highest BCUT2D eigenvalue weighted by atomic mass is 16.5. The van der Waals surface area contributed by atoms with E-state index < -0.39 is 0 Å². The van der Waals surface area contributed by atoms with Gasteiger partial charge in [-0.2, -0.15) is 0 Å². The minimum Gasteiger partial charge on any atom is -0.494 e. The first-order valence-electron chi connectivity index (χ1n) is 9.11. The van der Waals surface area contributed by atoms with Crippen LogP contribution in [0, 0.1) is 0 Å². The Balaban J connectivity index is 1.49. The molecule has 1 heterocycles. The Morgan fingerprint density at radius 1 is 1.19 bits per heavy atom. The molecule has 0 aliphatic carbocycles. The van der Waals surface area contributed by atoms with Crippen LogP contribution in [0.2, 0.25) is 0 Å². The second-order valence-electron chi connectivity index (χ2n) is 6.33. The molecule has 1 saturated heterocycles. The third-order valence-corrected chi connectivity index (χ3v) is 4.32. The molecule has 1 N–H and O–H groups in total. The smallest absolute Gasteiger partial charge is 0.253 e. The van der Waals surface area contributed by atoms with Crippen LogP contribution in [0.5, 0.6) is 5.75 Å². The molecule has 142 valence electrons. The number of ether oxygens (including phenoxy) is 2. The fourth-order valence-corrected chi connectivity index (χ4v) is 2.95. The largest absolute Gasteiger partial charge is 0.494 e. The molecule has 27 heavy (non-hydrogen) atoms. The lowest BCUT2D eigenvalue weighted by Crippen LogP contribution is -2.50. The van der Waals surface area contributed by atoms with Crippen molar-refractivity contribution in [3.05, 3.63) is 60.2 Å². The van der Waals surface area contributed by atoms with Gasteiger partial charge in [0.1, 0.15) is 12.4 Å². The second kappa shape index (κ2) is 9.19. The van der Waals surface area contributed by atoms with Gasteiger partial charge in [-0.3, -0.25) is 9.59 Å². The SMILES string of the molecule is CCOc1ccc(CC(=O)NCC2CN(c3ccccc3)C(=O)CO2)cc1. The van der Waals surface area contributed by atoms with E-state index in [0.717, 1.165) is 17.0 Å². The Hall–Kier alpha value is -2.86. The molecule has 2 aromatic carbocycles. The van der Waals surface area contributed by atoms with Crippen LogP contribution >= 0.6 is 0 Å². The Morgan fingerprint density at radius 2 is 1.93 bits per heavy atom. The molecule has 6 heteroatoms. The summed E-state index contributed by atoms with van der Waals surface area (Å²) in [6.45, 7) is 3.36. The van der Waals surface area contributed by atoms with E-state index in [0.29, 0.717) is 26.1 Å². The minimum atomic E-state index is -0.229. The first kappa shape index (κ1) is 18.9. The Labute approximate surface area is 159 Å². The molecule has 0 bridgehead atoms. The monoisotopic (exact) mass is 368 g/mol. The summed E-state index contributed by atoms with van der Waals surface area (Å²) < 4.78 is 11.0. The van der Waals surface area contributed by atoms with Crippen LogP contribution in [-0.2, 0) is 20.7 Å². The highest BCUT2D eigenvalue weighted by molar-refractivity contribution is 5.95. The first-order valence-corrected chi connectivity index (χ1v) is 9.11. The topological polar surface area (TPSA) is 67.9 Å². The molecule has 2 aromatic rings. The maximum absolute atomic E-state index is 12.2. The van der Waals surface area contributed by atoms with Crippen LogP contribution in [0.3, 0.4) is 0 Å². The summed E-state index contributed by atoms with van der Waals surface area (Å²) >= 11 is 0. The number of nitrogens with zero attached hydrogens (tertiary/aromatic N) is 1. The van der Waals surface area contributed by atoms with Crippen molar-refractivity contribution in [1.82, 2.24) is 5.32 Å². The molecule has 1 fully saturated rings. The quantitative estimate of drug-likeness (QED) is 0.813. The summed E-state index contributed by atoms with van der Waals surface area (Å²) in [5.41, 5.74) is 1.76. The molecule has 6 nitrogen and oxygen atoms in total. The van der Waals surface area contributed by atoms with Crippen LogP contribution in [0.25, 0.3) is 0 Å². The summed E-state index contributed by atoms with van der Waals surface area (Å²) in [6, 6.07) is 17.0. The normalized spacial score (nSPS) is 16.9. The van der Waals surface area contributed by atoms with Gasteiger partial charge in [0.2, 0.25) is 5.91 Å². The molecule has 1 aliphatic heterocycles. The zero-order valence-electron chi connectivity index (χ0n) is 15.4. The van der Waals surface area contributed by atoms with Crippen LogP contribution in [0.4, 0.5) is 5.69 Å². The lowest BCUT2D eigenvalue weighted by Gasteiger charge is -2.32. The predicted molar refractivity (Wildman–Crippen MR) is 103 cm³/mol. The van der Waals surface area contributed by atoms with Gasteiger partial charge < -0.3 is 19.7 Å². The van der Waals surface area contributed by atoms with E-state index in [-0.39, 0.29) is 24.5 Å². The number of amides is 2. The molecule has 0 spiro atoms. The predicted octanol–water partition coefficient (Wildman–Crippen LogP) is 2.18. The molecular weight excluding hydrogens is 344 g/mol. The number of hydrogen-bond donors (Lipinski definition) is 1. The number of carbonyl (C=O) groups excluding carboxylic acids is 2. The van der Waals surface area contributed by atoms with E-state index in [1.54, 1.807) is 4.90 Å². The van der Waals surface area contributed by atoms with Crippen LogP contribution in [0.1, 0.15) is 12.5 Å². The van der Waals surface area contributed by atoms with E-state index >= 15 is 0 Å². The maximum Gasteiger partial charge on any atom is 0.253 e. The van der Waals surface area contributed by atoms with Crippen molar-refractivity contribution in [2.45, 2.75) is 19.4 Å². The Bertz CT molecular complexity index is 762. The first-order chi connectivity index (χ1) is 13.2. The van der Waals surface area contributed by atoms with Crippen molar-refractivity contribution >= 4 is 17.5 Å². The van der Waals surface area contributed by atoms with Gasteiger partial charge in [-0.25, -0.2) is 0 Å². The maximum atomic E-state index is 12.2. The van der Waals surface area contributed by atoms with E-state index in [4.69, 9.17) is 9.47 Å². The van der Waals surface area contributed by atoms with E-state index in [9.17, 15) is 9.59 Å². The van der Waals surface area contributed by atoms with Crippen LogP contribution in [-0.4, -0.2) is 44.2 Å². The van der Waals surface area contributed by atoms with Crippen molar-refractivity contribution in [1.29, 1.82) is 0 Å². The number of morpholine rings is 1. The lowest BCUT2D eigenvalue weighted by atomic mass is 10.1. The average molecular weight is 368 g/mol. The number of carbonyl (C=O) groups is 2. The van der Waals surface area contributed by atoms with Gasteiger partial charge in [-0.15, -0.1) is 0 Å². The number of nitrogens with one attached hydrogen (secondary N) is 1. The summed E-state index contributed by atoms with van der Waals surface area (Å²) in [7, 11) is 0. The molecule has 0 saturated carbocycles. The van der Waals surface area contributed by atoms with Crippen molar-refractivity contribution in [2.24, 2.45) is 0 Å². The summed E-state index contributed by atoms with van der Waals surface area (Å²) in [6.07, 6.45) is 0.0627. The van der Waals surface area contributed by atoms with Crippen molar-refractivity contribution in [3.63, 3.8) is 0 Å². The van der Waals surface area contributed by atoms with E-state index in [1.165, 1.54) is 0 Å². The molecule has 3 rings (SSSR count). The number of anilines is 1. The molecule has 1 aliphatic rings. The van der Waals surface area contributed by atoms with E-state index in [1.807, 2.05) is 61.5 Å².